The SMILES string of the molecule is CCC(CC)[SH+]CCCCC([NH3+])(CC)C(C)CC.[I-].[I-]. The average molecular weight is 529 g/mol. The summed E-state index contributed by atoms with van der Waals surface area (Å²) >= 11 is 1.68. The van der Waals surface area contributed by atoms with Crippen molar-refractivity contribution in [3.8, 4) is 0 Å². The molecule has 0 rings (SSSR count). The van der Waals surface area contributed by atoms with E-state index >= 15 is 0 Å². The van der Waals surface area contributed by atoms with Crippen LogP contribution in [0.5, 0.6) is 0 Å². The Balaban J connectivity index is -0.00000144. The number of unbranched alkanes of at least 4 members (excludes halogenated alkanes) is 1. The molecule has 0 aromatic carbocycles. The second-order valence-corrected chi connectivity index (χ2v) is 7.40. The second kappa shape index (κ2) is 15.7. The van der Waals surface area contributed by atoms with Gasteiger partial charge in [-0.15, -0.1) is 0 Å². The van der Waals surface area contributed by atoms with Crippen molar-refractivity contribution in [3.63, 3.8) is 0 Å². The summed E-state index contributed by atoms with van der Waals surface area (Å²) in [7, 11) is 0. The maximum absolute atomic E-state index is 4.52. The van der Waals surface area contributed by atoms with Gasteiger partial charge >= 0.3 is 0 Å². The lowest BCUT2D eigenvalue weighted by Crippen LogP contribution is -3.00. The molecule has 0 spiro atoms. The molecule has 0 aromatic rings. The van der Waals surface area contributed by atoms with Gasteiger partial charge < -0.3 is 53.7 Å². The van der Waals surface area contributed by atoms with Crippen molar-refractivity contribution in [2.24, 2.45) is 5.92 Å². The summed E-state index contributed by atoms with van der Waals surface area (Å²) in [5.41, 5.74) is 4.86. The van der Waals surface area contributed by atoms with Crippen LogP contribution < -0.4 is 53.7 Å². The van der Waals surface area contributed by atoms with Gasteiger partial charge in [-0.3, -0.25) is 0 Å². The maximum atomic E-state index is 4.52. The fraction of sp³-hybridized carbons (Fsp3) is 1.00. The molecule has 0 saturated heterocycles. The molecule has 0 aromatic heterocycles. The minimum absolute atomic E-state index is 0. The molecule has 4 heteroatoms. The van der Waals surface area contributed by atoms with Gasteiger partial charge in [0.2, 0.25) is 0 Å². The van der Waals surface area contributed by atoms with Crippen LogP contribution in [0, 0.1) is 5.92 Å². The Labute approximate surface area is 166 Å². The number of quaternary nitrogens is 1. The Morgan fingerprint density at radius 2 is 1.50 bits per heavy atom. The first-order valence-electron chi connectivity index (χ1n) is 8.05. The van der Waals surface area contributed by atoms with Gasteiger partial charge in [0.1, 0.15) is 11.0 Å². The Bertz CT molecular complexity index is 201. The van der Waals surface area contributed by atoms with Crippen LogP contribution in [0.3, 0.4) is 0 Å². The van der Waals surface area contributed by atoms with Crippen LogP contribution in [-0.4, -0.2) is 16.5 Å². The Morgan fingerprint density at radius 1 is 0.950 bits per heavy atom. The third kappa shape index (κ3) is 10.5. The first kappa shape index (κ1) is 26.7. The summed E-state index contributed by atoms with van der Waals surface area (Å²) in [5.74, 6) is 2.16. The largest absolute Gasteiger partial charge is 1.00 e. The molecule has 0 bridgehead atoms. The van der Waals surface area contributed by atoms with Crippen LogP contribution in [0.4, 0.5) is 0 Å². The molecule has 0 aliphatic heterocycles. The minimum atomic E-state index is 0. The number of thiol groups is 1. The van der Waals surface area contributed by atoms with E-state index in [9.17, 15) is 0 Å². The fourth-order valence-electron chi connectivity index (χ4n) is 2.61. The molecule has 1 nitrogen and oxygen atoms in total. The zero-order valence-corrected chi connectivity index (χ0v) is 19.4. The summed E-state index contributed by atoms with van der Waals surface area (Å²) in [6.45, 7) is 11.6. The number of rotatable bonds is 11. The molecular formula is C16H37I2NS. The fourth-order valence-corrected chi connectivity index (χ4v) is 3.90. The predicted molar refractivity (Wildman–Crippen MR) is 87.2 cm³/mol. The van der Waals surface area contributed by atoms with Crippen LogP contribution >= 0.6 is 0 Å². The average Bonchev–Trinajstić information content (AvgIpc) is 2.41. The van der Waals surface area contributed by atoms with Crippen molar-refractivity contribution >= 4 is 11.8 Å². The van der Waals surface area contributed by atoms with Gasteiger partial charge in [0.05, 0.1) is 5.54 Å². The van der Waals surface area contributed by atoms with E-state index in [0.717, 1.165) is 11.2 Å². The molecule has 2 atom stereocenters. The molecule has 0 fully saturated rings. The standard InChI is InChI=1S/C16H35NS.2HI/c1-6-14(5)16(17,9-4)12-10-11-13-18-15(7-2)8-3;;/h14-15H,6-13,17H2,1-5H3;2*1H. The van der Waals surface area contributed by atoms with Crippen LogP contribution in [0.2, 0.25) is 0 Å². The highest BCUT2D eigenvalue weighted by molar-refractivity contribution is 7.79. The third-order valence-electron chi connectivity index (χ3n) is 4.77. The normalized spacial score (nSPS) is 15.2. The predicted octanol–water partition coefficient (Wildman–Crippen LogP) is -2.39. The molecule has 0 aliphatic rings. The van der Waals surface area contributed by atoms with Crippen LogP contribution in [0.1, 0.15) is 79.6 Å². The molecule has 3 N–H and O–H groups in total. The van der Waals surface area contributed by atoms with E-state index < -0.39 is 0 Å². The van der Waals surface area contributed by atoms with E-state index in [0.29, 0.717) is 5.54 Å². The van der Waals surface area contributed by atoms with E-state index in [1.807, 2.05) is 0 Å². The van der Waals surface area contributed by atoms with Gasteiger partial charge in [-0.05, 0) is 50.3 Å². The zero-order valence-electron chi connectivity index (χ0n) is 14.2. The first-order chi connectivity index (χ1) is 8.53. The van der Waals surface area contributed by atoms with Crippen molar-refractivity contribution in [2.75, 3.05) is 5.75 Å². The molecule has 2 unspecified atom stereocenters. The van der Waals surface area contributed by atoms with Crippen molar-refractivity contribution in [1.82, 2.24) is 0 Å². The Kier molecular flexibility index (Phi) is 20.9. The maximum Gasteiger partial charge on any atom is 0.115 e. The summed E-state index contributed by atoms with van der Waals surface area (Å²) in [5, 5.41) is 0.940. The van der Waals surface area contributed by atoms with E-state index in [-0.39, 0.29) is 48.0 Å². The topological polar surface area (TPSA) is 27.6 Å². The van der Waals surface area contributed by atoms with Crippen molar-refractivity contribution in [1.29, 1.82) is 0 Å². The highest BCUT2D eigenvalue weighted by Gasteiger charge is 2.32. The highest BCUT2D eigenvalue weighted by Crippen LogP contribution is 2.25. The molecule has 0 heterocycles. The molecule has 0 radical (unpaired) electrons. The highest BCUT2D eigenvalue weighted by atomic mass is 127. The molecule has 0 amide bonds. The molecule has 0 saturated carbocycles. The van der Waals surface area contributed by atoms with Crippen LogP contribution in [0.15, 0.2) is 0 Å². The minimum Gasteiger partial charge on any atom is -1.00 e. The monoisotopic (exact) mass is 529 g/mol. The van der Waals surface area contributed by atoms with E-state index in [2.05, 4.69) is 40.4 Å². The smallest absolute Gasteiger partial charge is 0.115 e. The molecule has 0 aliphatic carbocycles. The van der Waals surface area contributed by atoms with Gasteiger partial charge in [0.25, 0.3) is 0 Å². The van der Waals surface area contributed by atoms with Gasteiger partial charge in [-0.1, -0.05) is 34.6 Å². The lowest BCUT2D eigenvalue weighted by atomic mass is 9.78. The van der Waals surface area contributed by atoms with Crippen LogP contribution in [-0.2, 0) is 11.8 Å². The number of halogens is 2. The third-order valence-corrected chi connectivity index (χ3v) is 6.60. The van der Waals surface area contributed by atoms with E-state index in [4.69, 9.17) is 0 Å². The summed E-state index contributed by atoms with van der Waals surface area (Å²) < 4.78 is 0. The van der Waals surface area contributed by atoms with Gasteiger partial charge in [-0.2, -0.15) is 0 Å². The Hall–Kier alpha value is 1.77. The van der Waals surface area contributed by atoms with Gasteiger partial charge in [-0.25, -0.2) is 0 Å². The summed E-state index contributed by atoms with van der Waals surface area (Å²) in [4.78, 5) is 0. The Morgan fingerprint density at radius 3 is 1.90 bits per heavy atom. The van der Waals surface area contributed by atoms with E-state index in [1.165, 1.54) is 50.7 Å². The lowest BCUT2D eigenvalue weighted by molar-refractivity contribution is -0.495. The first-order valence-corrected chi connectivity index (χ1v) is 9.20. The number of hydrogen-bond donors (Lipinski definition) is 1. The van der Waals surface area contributed by atoms with Gasteiger partial charge in [0, 0.05) is 12.3 Å². The zero-order chi connectivity index (χ0) is 14.0. The van der Waals surface area contributed by atoms with Crippen molar-refractivity contribution in [3.05, 3.63) is 0 Å². The molecular weight excluding hydrogens is 492 g/mol. The molecule has 20 heavy (non-hydrogen) atoms. The summed E-state index contributed by atoms with van der Waals surface area (Å²) in [6.07, 6.45) is 9.27. The van der Waals surface area contributed by atoms with Crippen LogP contribution in [0.25, 0.3) is 0 Å². The molecule has 126 valence electrons. The summed E-state index contributed by atoms with van der Waals surface area (Å²) in [6, 6.07) is 0. The second-order valence-electron chi connectivity index (χ2n) is 5.86. The van der Waals surface area contributed by atoms with Crippen molar-refractivity contribution < 1.29 is 53.7 Å². The van der Waals surface area contributed by atoms with Gasteiger partial charge in [0.15, 0.2) is 0 Å². The quantitative estimate of drug-likeness (QED) is 0.134. The van der Waals surface area contributed by atoms with E-state index in [1.54, 1.807) is 11.8 Å². The lowest BCUT2D eigenvalue weighted by Gasteiger charge is -2.30. The number of hydrogen-bond acceptors (Lipinski definition) is 0. The van der Waals surface area contributed by atoms with Crippen molar-refractivity contribution in [2.45, 2.75) is 90.4 Å².